The number of fused-ring (bicyclic) bond motifs is 1. The number of carboxylic acids is 1. The van der Waals surface area contributed by atoms with Gasteiger partial charge in [0, 0.05) is 6.20 Å². The molecular weight excluding hydrogens is 421 g/mol. The summed E-state index contributed by atoms with van der Waals surface area (Å²) in [6.07, 6.45) is -3.77. The number of carbonyl (C=O) groups is 1. The first-order chi connectivity index (χ1) is 15.2. The fraction of sp³-hybridized carbons (Fsp3) is 0.167. The van der Waals surface area contributed by atoms with Gasteiger partial charge in [0.15, 0.2) is 0 Å². The third kappa shape index (κ3) is 3.97. The minimum absolute atomic E-state index is 0.0423. The smallest absolute Gasteiger partial charge is 0.416 e. The molecule has 2 heterocycles. The zero-order valence-corrected chi connectivity index (χ0v) is 17.0. The van der Waals surface area contributed by atoms with Crippen molar-refractivity contribution < 1.29 is 28.2 Å². The number of carboxylic acid groups (broad SMARTS) is 1. The van der Waals surface area contributed by atoms with E-state index in [0.29, 0.717) is 28.8 Å². The lowest BCUT2D eigenvalue weighted by atomic mass is 9.96. The number of aromatic nitrogens is 2. The van der Waals surface area contributed by atoms with E-state index in [1.807, 2.05) is 6.92 Å². The number of rotatable bonds is 5. The van der Waals surface area contributed by atoms with Crippen LogP contribution in [0.3, 0.4) is 0 Å². The number of pyridine rings is 1. The lowest BCUT2D eigenvalue weighted by molar-refractivity contribution is -0.137. The molecule has 0 amide bonds. The highest BCUT2D eigenvalue weighted by Crippen LogP contribution is 2.34. The van der Waals surface area contributed by atoms with Gasteiger partial charge < -0.3 is 14.6 Å². The summed E-state index contributed by atoms with van der Waals surface area (Å²) in [5.41, 5.74) is 1.49. The molecule has 4 rings (SSSR count). The molecule has 0 aliphatic heterocycles. The molecule has 2 aromatic carbocycles. The number of aromatic carboxylic acids is 1. The molecule has 5 nitrogen and oxygen atoms in total. The van der Waals surface area contributed by atoms with E-state index < -0.39 is 23.8 Å². The van der Waals surface area contributed by atoms with Gasteiger partial charge >= 0.3 is 12.1 Å². The molecule has 0 radical (unpaired) electrons. The molecule has 0 saturated heterocycles. The van der Waals surface area contributed by atoms with Crippen molar-refractivity contribution in [2.45, 2.75) is 25.6 Å². The Bertz CT molecular complexity index is 1290. The van der Waals surface area contributed by atoms with Gasteiger partial charge in [-0.3, -0.25) is 0 Å². The Morgan fingerprint density at radius 1 is 1.09 bits per heavy atom. The Hall–Kier alpha value is -3.65. The van der Waals surface area contributed by atoms with Gasteiger partial charge in [0.1, 0.15) is 11.8 Å². The standard InChI is InChI=1S/C24H19F3N2O3/c1-2-17-13-29-20(11-16(24(25,26)27)12-21(29)28-17)22(30)15-9-7-14(8-10-15)18-5-3-4-6-19(18)23(31)32/h3-13,22,30H,2H2,1H3,(H,31,32)/t22-/m1/s1. The maximum absolute atomic E-state index is 13.4. The predicted molar refractivity (Wildman–Crippen MR) is 112 cm³/mol. The lowest BCUT2D eigenvalue weighted by Gasteiger charge is -2.17. The quantitative estimate of drug-likeness (QED) is 0.438. The van der Waals surface area contributed by atoms with Gasteiger partial charge in [-0.2, -0.15) is 13.2 Å². The van der Waals surface area contributed by atoms with Crippen LogP contribution in [0.2, 0.25) is 0 Å². The van der Waals surface area contributed by atoms with Crippen LogP contribution in [0.1, 0.15) is 45.9 Å². The highest BCUT2D eigenvalue weighted by atomic mass is 19.4. The first-order valence-electron chi connectivity index (χ1n) is 9.89. The molecule has 0 fully saturated rings. The second-order valence-corrected chi connectivity index (χ2v) is 7.36. The average Bonchev–Trinajstić information content (AvgIpc) is 3.21. The van der Waals surface area contributed by atoms with Gasteiger partial charge in [0.2, 0.25) is 0 Å². The Balaban J connectivity index is 1.77. The molecular formula is C24H19F3N2O3. The van der Waals surface area contributed by atoms with Crippen LogP contribution < -0.4 is 0 Å². The molecule has 0 aliphatic rings. The molecule has 0 saturated carbocycles. The summed E-state index contributed by atoms with van der Waals surface area (Å²) >= 11 is 0. The lowest BCUT2D eigenvalue weighted by Crippen LogP contribution is -2.11. The summed E-state index contributed by atoms with van der Waals surface area (Å²) < 4.78 is 41.7. The molecule has 1 atom stereocenters. The average molecular weight is 440 g/mol. The summed E-state index contributed by atoms with van der Waals surface area (Å²) in [6.45, 7) is 1.84. The molecule has 2 aromatic heterocycles. The van der Waals surface area contributed by atoms with E-state index in [4.69, 9.17) is 0 Å². The monoisotopic (exact) mass is 440 g/mol. The van der Waals surface area contributed by atoms with Crippen LogP contribution in [0, 0.1) is 0 Å². The summed E-state index contributed by atoms with van der Waals surface area (Å²) in [4.78, 5) is 15.7. The van der Waals surface area contributed by atoms with Crippen LogP contribution in [-0.4, -0.2) is 25.6 Å². The van der Waals surface area contributed by atoms with Crippen molar-refractivity contribution in [3.8, 4) is 11.1 Å². The van der Waals surface area contributed by atoms with Crippen molar-refractivity contribution in [2.75, 3.05) is 0 Å². The number of benzene rings is 2. The summed E-state index contributed by atoms with van der Waals surface area (Å²) in [5, 5.41) is 20.3. The maximum Gasteiger partial charge on any atom is 0.416 e. The maximum atomic E-state index is 13.4. The van der Waals surface area contributed by atoms with Crippen molar-refractivity contribution >= 4 is 11.6 Å². The molecule has 8 heteroatoms. The van der Waals surface area contributed by atoms with Gasteiger partial charge in [0.25, 0.3) is 0 Å². The molecule has 2 N–H and O–H groups in total. The molecule has 32 heavy (non-hydrogen) atoms. The van der Waals surface area contributed by atoms with Crippen LogP contribution in [0.25, 0.3) is 16.8 Å². The molecule has 0 aliphatic carbocycles. The van der Waals surface area contributed by atoms with Gasteiger partial charge in [-0.15, -0.1) is 0 Å². The Morgan fingerprint density at radius 3 is 2.41 bits per heavy atom. The van der Waals surface area contributed by atoms with Crippen LogP contribution >= 0.6 is 0 Å². The van der Waals surface area contributed by atoms with Crippen molar-refractivity contribution in [1.29, 1.82) is 0 Å². The fourth-order valence-corrected chi connectivity index (χ4v) is 3.65. The third-order valence-electron chi connectivity index (χ3n) is 5.31. The first kappa shape index (κ1) is 21.6. The van der Waals surface area contributed by atoms with Crippen LogP contribution in [0.4, 0.5) is 13.2 Å². The first-order valence-corrected chi connectivity index (χ1v) is 9.89. The summed E-state index contributed by atoms with van der Waals surface area (Å²) in [6, 6.07) is 14.8. The Kier molecular flexibility index (Phi) is 5.48. The number of imidazole rings is 1. The summed E-state index contributed by atoms with van der Waals surface area (Å²) in [5.74, 6) is -1.07. The summed E-state index contributed by atoms with van der Waals surface area (Å²) in [7, 11) is 0. The van der Waals surface area contributed by atoms with E-state index in [1.54, 1.807) is 48.7 Å². The molecule has 164 valence electrons. The zero-order valence-electron chi connectivity index (χ0n) is 17.0. The number of nitrogens with zero attached hydrogens (tertiary/aromatic N) is 2. The molecule has 0 bridgehead atoms. The normalized spacial score (nSPS) is 12.8. The molecule has 4 aromatic rings. The number of alkyl halides is 3. The predicted octanol–water partition coefficient (Wildman–Crippen LogP) is 5.36. The van der Waals surface area contributed by atoms with Crippen LogP contribution in [0.5, 0.6) is 0 Å². The van der Waals surface area contributed by atoms with Gasteiger partial charge in [-0.1, -0.05) is 49.4 Å². The van der Waals surface area contributed by atoms with E-state index >= 15 is 0 Å². The number of hydrogen-bond acceptors (Lipinski definition) is 3. The van der Waals surface area contributed by atoms with Crippen LogP contribution in [0.15, 0.2) is 66.9 Å². The fourth-order valence-electron chi connectivity index (χ4n) is 3.65. The zero-order chi connectivity index (χ0) is 23.0. The van der Waals surface area contributed by atoms with Gasteiger partial charge in [-0.05, 0) is 41.3 Å². The third-order valence-corrected chi connectivity index (χ3v) is 5.31. The Morgan fingerprint density at radius 2 is 1.78 bits per heavy atom. The number of halogens is 3. The minimum atomic E-state index is -4.58. The number of aryl methyl sites for hydroxylation is 1. The van der Waals surface area contributed by atoms with E-state index in [2.05, 4.69) is 4.98 Å². The molecule has 0 spiro atoms. The highest BCUT2D eigenvalue weighted by Gasteiger charge is 2.33. The minimum Gasteiger partial charge on any atom is -0.478 e. The topological polar surface area (TPSA) is 74.8 Å². The number of aliphatic hydroxyl groups excluding tert-OH is 1. The highest BCUT2D eigenvalue weighted by molar-refractivity contribution is 5.96. The second kappa shape index (κ2) is 8.12. The van der Waals surface area contributed by atoms with Crippen molar-refractivity contribution in [2.24, 2.45) is 0 Å². The number of hydrogen-bond donors (Lipinski definition) is 2. The van der Waals surface area contributed by atoms with Crippen LogP contribution in [-0.2, 0) is 12.6 Å². The van der Waals surface area contributed by atoms with E-state index in [9.17, 15) is 28.2 Å². The van der Waals surface area contributed by atoms with E-state index in [0.717, 1.165) is 12.1 Å². The molecule has 0 unspecified atom stereocenters. The van der Waals surface area contributed by atoms with Crippen molar-refractivity contribution in [3.05, 3.63) is 94.9 Å². The Labute approximate surface area is 181 Å². The van der Waals surface area contributed by atoms with E-state index in [-0.39, 0.29) is 16.9 Å². The van der Waals surface area contributed by atoms with Crippen molar-refractivity contribution in [1.82, 2.24) is 9.38 Å². The SMILES string of the molecule is CCc1cn2c([C@H](O)c3ccc(-c4ccccc4C(=O)O)cc3)cc(C(F)(F)F)cc2n1. The van der Waals surface area contributed by atoms with E-state index in [1.165, 1.54) is 10.5 Å². The van der Waals surface area contributed by atoms with Gasteiger partial charge in [-0.25, -0.2) is 9.78 Å². The number of aliphatic hydroxyl groups is 1. The van der Waals surface area contributed by atoms with Gasteiger partial charge in [0.05, 0.1) is 22.5 Å². The van der Waals surface area contributed by atoms with Crippen molar-refractivity contribution in [3.63, 3.8) is 0 Å². The second-order valence-electron chi connectivity index (χ2n) is 7.36. The largest absolute Gasteiger partial charge is 0.478 e.